The molecule has 0 saturated heterocycles. The van der Waals surface area contributed by atoms with E-state index in [1.807, 2.05) is 0 Å². The average Bonchev–Trinajstić information content (AvgIpc) is 2.54. The van der Waals surface area contributed by atoms with Gasteiger partial charge in [-0.2, -0.15) is 5.10 Å². The van der Waals surface area contributed by atoms with Crippen molar-refractivity contribution in [2.45, 2.75) is 0 Å². The maximum Gasteiger partial charge on any atom is 0.272 e. The van der Waals surface area contributed by atoms with Gasteiger partial charge >= 0.3 is 0 Å². The summed E-state index contributed by atoms with van der Waals surface area (Å²) in [6.07, 6.45) is 1.48. The van der Waals surface area contributed by atoms with Gasteiger partial charge in [0.25, 0.3) is 11.8 Å². The van der Waals surface area contributed by atoms with Crippen LogP contribution in [-0.2, 0) is 4.79 Å². The minimum Gasteiger partial charge on any atom is -0.484 e. The van der Waals surface area contributed by atoms with Crippen molar-refractivity contribution in [3.8, 4) is 5.75 Å². The Hall–Kier alpha value is -2.86. The van der Waals surface area contributed by atoms with Crippen LogP contribution in [0.5, 0.6) is 5.75 Å². The SMILES string of the molecule is NC(=O)COc1ccc(/C=N/NC(=O)c2ccccc2Cl)cc1. The number of nitrogens with zero attached hydrogens (tertiary/aromatic N) is 1. The lowest BCUT2D eigenvalue weighted by atomic mass is 10.2. The molecule has 0 aromatic heterocycles. The van der Waals surface area contributed by atoms with Crippen molar-refractivity contribution in [1.29, 1.82) is 0 Å². The van der Waals surface area contributed by atoms with Crippen LogP contribution in [0.2, 0.25) is 5.02 Å². The number of nitrogens with two attached hydrogens (primary N) is 1. The Bertz CT molecular complexity index is 730. The van der Waals surface area contributed by atoms with Gasteiger partial charge in [-0.25, -0.2) is 5.43 Å². The molecule has 6 nitrogen and oxygen atoms in total. The third-order valence-electron chi connectivity index (χ3n) is 2.76. The van der Waals surface area contributed by atoms with Crippen LogP contribution >= 0.6 is 11.6 Å². The molecule has 0 aliphatic heterocycles. The van der Waals surface area contributed by atoms with E-state index >= 15 is 0 Å². The van der Waals surface area contributed by atoms with Gasteiger partial charge in [0.05, 0.1) is 16.8 Å². The minimum absolute atomic E-state index is 0.179. The fourth-order valence-corrected chi connectivity index (χ4v) is 1.90. The largest absolute Gasteiger partial charge is 0.484 e. The molecule has 3 N–H and O–H groups in total. The molecule has 118 valence electrons. The van der Waals surface area contributed by atoms with E-state index in [2.05, 4.69) is 10.5 Å². The summed E-state index contributed by atoms with van der Waals surface area (Å²) in [6, 6.07) is 13.5. The molecular weight excluding hydrogens is 318 g/mol. The zero-order chi connectivity index (χ0) is 16.7. The highest BCUT2D eigenvalue weighted by Gasteiger charge is 2.07. The van der Waals surface area contributed by atoms with Crippen molar-refractivity contribution in [3.63, 3.8) is 0 Å². The van der Waals surface area contributed by atoms with Crippen LogP contribution in [-0.4, -0.2) is 24.6 Å². The number of amides is 2. The van der Waals surface area contributed by atoms with E-state index < -0.39 is 11.8 Å². The Balaban J connectivity index is 1.92. The van der Waals surface area contributed by atoms with Crippen molar-refractivity contribution in [2.24, 2.45) is 10.8 Å². The smallest absolute Gasteiger partial charge is 0.272 e. The average molecular weight is 332 g/mol. The lowest BCUT2D eigenvalue weighted by molar-refractivity contribution is -0.119. The van der Waals surface area contributed by atoms with Crippen molar-refractivity contribution < 1.29 is 14.3 Å². The number of carbonyl (C=O) groups is 2. The first-order valence-corrected chi connectivity index (χ1v) is 7.03. The molecule has 7 heteroatoms. The summed E-state index contributed by atoms with van der Waals surface area (Å²) in [6.45, 7) is -0.179. The standard InChI is InChI=1S/C16H14ClN3O3/c17-14-4-2-1-3-13(14)16(22)20-19-9-11-5-7-12(8-6-11)23-10-15(18)21/h1-9H,10H2,(H2,18,21)(H,20,22)/b19-9+. The first-order valence-electron chi connectivity index (χ1n) is 6.65. The normalized spacial score (nSPS) is 10.5. The summed E-state index contributed by atoms with van der Waals surface area (Å²) in [7, 11) is 0. The summed E-state index contributed by atoms with van der Waals surface area (Å²) in [5.41, 5.74) is 8.48. The maximum atomic E-state index is 11.9. The summed E-state index contributed by atoms with van der Waals surface area (Å²) in [4.78, 5) is 22.5. The number of nitrogens with one attached hydrogen (secondary N) is 1. The Morgan fingerprint density at radius 1 is 1.17 bits per heavy atom. The lowest BCUT2D eigenvalue weighted by Gasteiger charge is -2.03. The number of carbonyl (C=O) groups excluding carboxylic acids is 2. The second-order valence-electron chi connectivity index (χ2n) is 4.50. The van der Waals surface area contributed by atoms with Crippen LogP contribution in [0.3, 0.4) is 0 Å². The molecule has 2 amide bonds. The Labute approximate surface area is 137 Å². The highest BCUT2D eigenvalue weighted by Crippen LogP contribution is 2.14. The lowest BCUT2D eigenvalue weighted by Crippen LogP contribution is -2.20. The summed E-state index contributed by atoms with van der Waals surface area (Å²) in [5.74, 6) is -0.424. The van der Waals surface area contributed by atoms with E-state index in [1.54, 1.807) is 48.5 Å². The summed E-state index contributed by atoms with van der Waals surface area (Å²) in [5, 5.41) is 4.22. The second-order valence-corrected chi connectivity index (χ2v) is 4.91. The van der Waals surface area contributed by atoms with Gasteiger partial charge < -0.3 is 10.5 Å². The molecule has 0 radical (unpaired) electrons. The zero-order valence-electron chi connectivity index (χ0n) is 12.0. The highest BCUT2D eigenvalue weighted by molar-refractivity contribution is 6.33. The Morgan fingerprint density at radius 2 is 1.87 bits per heavy atom. The number of hydrogen-bond donors (Lipinski definition) is 2. The Morgan fingerprint density at radius 3 is 2.52 bits per heavy atom. The number of ether oxygens (including phenoxy) is 1. The van der Waals surface area contributed by atoms with Crippen molar-refractivity contribution in [3.05, 3.63) is 64.7 Å². The molecule has 23 heavy (non-hydrogen) atoms. The van der Waals surface area contributed by atoms with E-state index in [1.165, 1.54) is 6.21 Å². The van der Waals surface area contributed by atoms with Crippen LogP contribution < -0.4 is 15.9 Å². The number of primary amides is 1. The first kappa shape index (κ1) is 16.5. The number of rotatable bonds is 6. The molecule has 0 aliphatic carbocycles. The van der Waals surface area contributed by atoms with Crippen LogP contribution in [0.25, 0.3) is 0 Å². The van der Waals surface area contributed by atoms with E-state index in [0.29, 0.717) is 16.3 Å². The molecular formula is C16H14ClN3O3. The van der Waals surface area contributed by atoms with Gasteiger partial charge in [0, 0.05) is 0 Å². The van der Waals surface area contributed by atoms with Gasteiger partial charge in [-0.1, -0.05) is 23.7 Å². The molecule has 0 aliphatic rings. The third-order valence-corrected chi connectivity index (χ3v) is 3.09. The minimum atomic E-state index is -0.544. The second kappa shape index (κ2) is 7.95. The van der Waals surface area contributed by atoms with E-state index in [4.69, 9.17) is 22.1 Å². The van der Waals surface area contributed by atoms with E-state index in [0.717, 1.165) is 5.56 Å². The quantitative estimate of drug-likeness (QED) is 0.626. The highest BCUT2D eigenvalue weighted by atomic mass is 35.5. The van der Waals surface area contributed by atoms with E-state index in [9.17, 15) is 9.59 Å². The van der Waals surface area contributed by atoms with Gasteiger partial charge in [-0.05, 0) is 42.0 Å². The van der Waals surface area contributed by atoms with Crippen molar-refractivity contribution in [2.75, 3.05) is 6.61 Å². The molecule has 0 spiro atoms. The number of halogens is 1. The van der Waals surface area contributed by atoms with E-state index in [-0.39, 0.29) is 6.61 Å². The summed E-state index contributed by atoms with van der Waals surface area (Å²) < 4.78 is 5.13. The molecule has 0 bridgehead atoms. The molecule has 2 rings (SSSR count). The predicted molar refractivity (Wildman–Crippen MR) is 87.6 cm³/mol. The van der Waals surface area contributed by atoms with Gasteiger partial charge in [-0.15, -0.1) is 0 Å². The topological polar surface area (TPSA) is 93.8 Å². The number of hydrogen-bond acceptors (Lipinski definition) is 4. The van der Waals surface area contributed by atoms with Crippen LogP contribution in [0.4, 0.5) is 0 Å². The van der Waals surface area contributed by atoms with Gasteiger partial charge in [-0.3, -0.25) is 9.59 Å². The van der Waals surface area contributed by atoms with Gasteiger partial charge in [0.15, 0.2) is 6.61 Å². The number of benzene rings is 2. The van der Waals surface area contributed by atoms with Crippen molar-refractivity contribution in [1.82, 2.24) is 5.43 Å². The first-order chi connectivity index (χ1) is 11.1. The Kier molecular flexibility index (Phi) is 5.71. The predicted octanol–water partition coefficient (Wildman–Crippen LogP) is 1.97. The van der Waals surface area contributed by atoms with Gasteiger partial charge in [0.2, 0.25) is 0 Å². The van der Waals surface area contributed by atoms with Crippen LogP contribution in [0.1, 0.15) is 15.9 Å². The molecule has 0 unspecified atom stereocenters. The monoisotopic (exact) mass is 331 g/mol. The van der Waals surface area contributed by atoms with Crippen LogP contribution in [0, 0.1) is 0 Å². The summed E-state index contributed by atoms with van der Waals surface area (Å²) >= 11 is 5.92. The van der Waals surface area contributed by atoms with Gasteiger partial charge in [0.1, 0.15) is 5.75 Å². The molecule has 2 aromatic carbocycles. The van der Waals surface area contributed by atoms with Crippen LogP contribution in [0.15, 0.2) is 53.6 Å². The fourth-order valence-electron chi connectivity index (χ4n) is 1.68. The zero-order valence-corrected chi connectivity index (χ0v) is 12.8. The number of hydrazone groups is 1. The molecule has 2 aromatic rings. The molecule has 0 fully saturated rings. The van der Waals surface area contributed by atoms with Crippen molar-refractivity contribution >= 4 is 29.6 Å². The molecule has 0 heterocycles. The molecule has 0 atom stereocenters. The fraction of sp³-hybridized carbons (Fsp3) is 0.0625. The molecule has 0 saturated carbocycles. The maximum absolute atomic E-state index is 11.9. The third kappa shape index (κ3) is 5.12.